The van der Waals surface area contributed by atoms with Gasteiger partial charge in [-0.3, -0.25) is 14.6 Å². The number of amides is 1. The Kier molecular flexibility index (Phi) is 6.50. The van der Waals surface area contributed by atoms with Crippen LogP contribution in [0, 0.1) is 0 Å². The minimum Gasteiger partial charge on any atom is -0.379 e. The van der Waals surface area contributed by atoms with Crippen LogP contribution in [0.2, 0.25) is 8.67 Å². The van der Waals surface area contributed by atoms with Crippen LogP contribution in [-0.2, 0) is 4.74 Å². The number of halogens is 2. The lowest BCUT2D eigenvalue weighted by Crippen LogP contribution is -2.39. The molecule has 0 bridgehead atoms. The van der Waals surface area contributed by atoms with Crippen molar-refractivity contribution in [2.75, 3.05) is 44.3 Å². The van der Waals surface area contributed by atoms with Crippen molar-refractivity contribution in [3.63, 3.8) is 0 Å². The van der Waals surface area contributed by atoms with Crippen LogP contribution >= 0.6 is 45.9 Å². The maximum atomic E-state index is 13.3. The third-order valence-corrected chi connectivity index (χ3v) is 7.15. The summed E-state index contributed by atoms with van der Waals surface area (Å²) >= 11 is 15.0. The summed E-state index contributed by atoms with van der Waals surface area (Å²) in [5.74, 6) is -0.158. The van der Waals surface area contributed by atoms with Gasteiger partial charge in [0.2, 0.25) is 0 Å². The van der Waals surface area contributed by atoms with Crippen LogP contribution in [0.1, 0.15) is 16.8 Å². The van der Waals surface area contributed by atoms with Crippen molar-refractivity contribution >= 4 is 67.1 Å². The second kappa shape index (κ2) is 9.07. The first kappa shape index (κ1) is 20.1. The van der Waals surface area contributed by atoms with Crippen LogP contribution in [0.4, 0.5) is 5.13 Å². The van der Waals surface area contributed by atoms with E-state index in [1.165, 1.54) is 22.7 Å². The minimum absolute atomic E-state index is 0.158. The Morgan fingerprint density at radius 1 is 1.21 bits per heavy atom. The Balaban J connectivity index is 1.56. The summed E-state index contributed by atoms with van der Waals surface area (Å²) in [5, 5.41) is 0.687. The van der Waals surface area contributed by atoms with Crippen LogP contribution in [0.25, 0.3) is 10.2 Å². The molecule has 1 saturated heterocycles. The molecule has 0 spiro atoms. The molecule has 9 heteroatoms. The Labute approximate surface area is 181 Å². The normalized spacial score (nSPS) is 15.2. The van der Waals surface area contributed by atoms with Crippen molar-refractivity contribution < 1.29 is 9.53 Å². The number of hydrogen-bond acceptors (Lipinski definition) is 6. The molecule has 3 aromatic rings. The fourth-order valence-electron chi connectivity index (χ4n) is 3.17. The van der Waals surface area contributed by atoms with E-state index in [9.17, 15) is 4.79 Å². The Morgan fingerprint density at radius 2 is 2.00 bits per heavy atom. The van der Waals surface area contributed by atoms with Gasteiger partial charge in [-0.1, -0.05) is 46.7 Å². The van der Waals surface area contributed by atoms with E-state index in [0.29, 0.717) is 25.9 Å². The van der Waals surface area contributed by atoms with E-state index in [1.807, 2.05) is 24.3 Å². The highest BCUT2D eigenvalue weighted by molar-refractivity contribution is 7.22. The van der Waals surface area contributed by atoms with Crippen molar-refractivity contribution in [3.05, 3.63) is 44.6 Å². The van der Waals surface area contributed by atoms with Crippen LogP contribution in [0.5, 0.6) is 0 Å². The molecule has 1 aliphatic rings. The first-order chi connectivity index (χ1) is 13.6. The van der Waals surface area contributed by atoms with Gasteiger partial charge < -0.3 is 4.74 Å². The lowest BCUT2D eigenvalue weighted by Gasteiger charge is -2.27. The Bertz CT molecular complexity index is 936. The van der Waals surface area contributed by atoms with Gasteiger partial charge in [-0.25, -0.2) is 4.98 Å². The molecule has 28 heavy (non-hydrogen) atoms. The fourth-order valence-corrected chi connectivity index (χ4v) is 5.61. The van der Waals surface area contributed by atoms with Crippen LogP contribution in [-0.4, -0.2) is 55.2 Å². The zero-order valence-corrected chi connectivity index (χ0v) is 18.2. The molecule has 0 N–H and O–H groups in total. The quantitative estimate of drug-likeness (QED) is 0.522. The van der Waals surface area contributed by atoms with E-state index < -0.39 is 0 Å². The molecule has 0 aliphatic carbocycles. The van der Waals surface area contributed by atoms with E-state index >= 15 is 0 Å². The van der Waals surface area contributed by atoms with E-state index in [4.69, 9.17) is 27.9 Å². The highest BCUT2D eigenvalue weighted by Crippen LogP contribution is 2.35. The zero-order chi connectivity index (χ0) is 19.5. The van der Waals surface area contributed by atoms with Gasteiger partial charge in [-0.15, -0.1) is 11.3 Å². The number of anilines is 1. The number of morpholine rings is 1. The molecule has 0 radical (unpaired) electrons. The number of fused-ring (bicyclic) bond motifs is 1. The number of para-hydroxylation sites is 1. The average Bonchev–Trinajstić information content (AvgIpc) is 3.28. The molecule has 5 nitrogen and oxygen atoms in total. The summed E-state index contributed by atoms with van der Waals surface area (Å²) in [7, 11) is 0. The van der Waals surface area contributed by atoms with E-state index in [0.717, 1.165) is 49.5 Å². The molecule has 1 fully saturated rings. The number of thiophene rings is 1. The third-order valence-electron chi connectivity index (χ3n) is 4.61. The van der Waals surface area contributed by atoms with Crippen molar-refractivity contribution in [3.8, 4) is 0 Å². The predicted molar refractivity (Wildman–Crippen MR) is 118 cm³/mol. The van der Waals surface area contributed by atoms with Crippen LogP contribution in [0.3, 0.4) is 0 Å². The zero-order valence-electron chi connectivity index (χ0n) is 15.1. The second-order valence-electron chi connectivity index (χ2n) is 6.47. The molecule has 1 aliphatic heterocycles. The predicted octanol–water partition coefficient (Wildman–Crippen LogP) is 5.03. The number of aromatic nitrogens is 1. The maximum absolute atomic E-state index is 13.3. The summed E-state index contributed by atoms with van der Waals surface area (Å²) in [5.41, 5.74) is 1.32. The van der Waals surface area contributed by atoms with Gasteiger partial charge in [0.15, 0.2) is 5.13 Å². The van der Waals surface area contributed by atoms with Gasteiger partial charge in [0.05, 0.1) is 33.3 Å². The second-order valence-corrected chi connectivity index (χ2v) is 9.76. The Morgan fingerprint density at radius 3 is 2.71 bits per heavy atom. The summed E-state index contributed by atoms with van der Waals surface area (Å²) in [6.07, 6.45) is 0.844. The van der Waals surface area contributed by atoms with Gasteiger partial charge in [0, 0.05) is 26.2 Å². The average molecular weight is 456 g/mol. The number of carbonyl (C=O) groups excluding carboxylic acids is 1. The molecular formula is C19H19Cl2N3O2S2. The molecule has 148 valence electrons. The molecular weight excluding hydrogens is 437 g/mol. The number of nitrogens with zero attached hydrogens (tertiary/aromatic N) is 3. The molecule has 0 unspecified atom stereocenters. The number of thiazole rings is 1. The van der Waals surface area contributed by atoms with Crippen molar-refractivity contribution in [2.24, 2.45) is 0 Å². The summed E-state index contributed by atoms with van der Waals surface area (Å²) in [6.45, 7) is 4.88. The van der Waals surface area contributed by atoms with Gasteiger partial charge >= 0.3 is 0 Å². The topological polar surface area (TPSA) is 45.7 Å². The van der Waals surface area contributed by atoms with E-state index in [2.05, 4.69) is 9.88 Å². The molecule has 1 aromatic carbocycles. The summed E-state index contributed by atoms with van der Waals surface area (Å²) < 4.78 is 7.37. The number of benzene rings is 1. The highest BCUT2D eigenvalue weighted by atomic mass is 35.5. The smallest absolute Gasteiger partial charge is 0.262 e. The minimum atomic E-state index is -0.158. The van der Waals surface area contributed by atoms with E-state index in [-0.39, 0.29) is 5.91 Å². The SMILES string of the molecule is O=C(c1cc(Cl)sc1Cl)N(CCCN1CCOCC1)c1nc2ccccc2s1. The molecule has 3 heterocycles. The molecule has 1 amide bonds. The Hall–Kier alpha value is -1.22. The van der Waals surface area contributed by atoms with Crippen LogP contribution < -0.4 is 4.90 Å². The standard InChI is InChI=1S/C19H19Cl2N3O2S2/c20-16-12-13(17(21)28-16)18(25)24(7-3-6-23-8-10-26-11-9-23)19-22-14-4-1-2-5-15(14)27-19/h1-2,4-5,12H,3,6-11H2. The molecule has 0 saturated carbocycles. The first-order valence-electron chi connectivity index (χ1n) is 9.04. The number of hydrogen-bond donors (Lipinski definition) is 0. The maximum Gasteiger partial charge on any atom is 0.262 e. The van der Waals surface area contributed by atoms with Gasteiger partial charge in [0.1, 0.15) is 4.34 Å². The largest absolute Gasteiger partial charge is 0.379 e. The van der Waals surface area contributed by atoms with Crippen LogP contribution in [0.15, 0.2) is 30.3 Å². The lowest BCUT2D eigenvalue weighted by atomic mass is 10.2. The summed E-state index contributed by atoms with van der Waals surface area (Å²) in [6, 6.07) is 9.54. The summed E-state index contributed by atoms with van der Waals surface area (Å²) in [4.78, 5) is 22.0. The highest BCUT2D eigenvalue weighted by Gasteiger charge is 2.25. The van der Waals surface area contributed by atoms with Crippen molar-refractivity contribution in [1.29, 1.82) is 0 Å². The van der Waals surface area contributed by atoms with Gasteiger partial charge in [-0.05, 0) is 24.6 Å². The fraction of sp³-hybridized carbons (Fsp3) is 0.368. The number of ether oxygens (including phenoxy) is 1. The molecule has 0 atom stereocenters. The van der Waals surface area contributed by atoms with E-state index in [1.54, 1.807) is 11.0 Å². The molecule has 2 aromatic heterocycles. The third kappa shape index (κ3) is 4.50. The van der Waals surface area contributed by atoms with Crippen molar-refractivity contribution in [1.82, 2.24) is 9.88 Å². The number of rotatable bonds is 6. The number of carbonyl (C=O) groups is 1. The molecule has 4 rings (SSSR count). The van der Waals surface area contributed by atoms with Gasteiger partial charge in [-0.2, -0.15) is 0 Å². The first-order valence-corrected chi connectivity index (χ1v) is 11.4. The monoisotopic (exact) mass is 455 g/mol. The van der Waals surface area contributed by atoms with Crippen molar-refractivity contribution in [2.45, 2.75) is 6.42 Å². The lowest BCUT2D eigenvalue weighted by molar-refractivity contribution is 0.0376. The van der Waals surface area contributed by atoms with Gasteiger partial charge in [0.25, 0.3) is 5.91 Å².